The van der Waals surface area contributed by atoms with Crippen molar-refractivity contribution in [3.05, 3.63) is 59.2 Å². The molecule has 2 saturated heterocycles. The molecule has 3 heterocycles. The van der Waals surface area contributed by atoms with Gasteiger partial charge in [-0.25, -0.2) is 0 Å². The topological polar surface area (TPSA) is 93.8 Å². The lowest BCUT2D eigenvalue weighted by molar-refractivity contribution is -0.136. The Hall–Kier alpha value is -3.39. The Morgan fingerprint density at radius 2 is 1.85 bits per heavy atom. The molecule has 0 saturated carbocycles. The second kappa shape index (κ2) is 9.23. The van der Waals surface area contributed by atoms with E-state index in [-0.39, 0.29) is 24.1 Å². The number of hydrogen-bond acceptors (Lipinski definition) is 6. The van der Waals surface area contributed by atoms with Crippen molar-refractivity contribution in [3.8, 4) is 0 Å². The summed E-state index contributed by atoms with van der Waals surface area (Å²) in [5, 5.41) is 9.22. The molecule has 2 aromatic rings. The highest BCUT2D eigenvalue weighted by atomic mass is 16.2. The van der Waals surface area contributed by atoms with Crippen molar-refractivity contribution in [1.29, 1.82) is 0 Å². The predicted molar refractivity (Wildman–Crippen MR) is 126 cm³/mol. The second-order valence-electron chi connectivity index (χ2n) is 8.84. The Balaban J connectivity index is 1.26. The molecule has 8 nitrogen and oxygen atoms in total. The van der Waals surface area contributed by atoms with Gasteiger partial charge in [-0.15, -0.1) is 0 Å². The highest BCUT2D eigenvalue weighted by Crippen LogP contribution is 2.30. The van der Waals surface area contributed by atoms with Crippen LogP contribution in [0.25, 0.3) is 0 Å². The first-order valence-electron chi connectivity index (χ1n) is 11.7. The molecule has 3 aliphatic rings. The lowest BCUT2D eigenvalue weighted by Crippen LogP contribution is -2.52. The fourth-order valence-electron chi connectivity index (χ4n) is 4.93. The molecule has 3 N–H and O–H groups in total. The Morgan fingerprint density at radius 3 is 2.67 bits per heavy atom. The number of amides is 3. The van der Waals surface area contributed by atoms with E-state index in [0.29, 0.717) is 25.1 Å². The Labute approximate surface area is 193 Å². The van der Waals surface area contributed by atoms with Gasteiger partial charge in [-0.2, -0.15) is 0 Å². The van der Waals surface area contributed by atoms with Crippen molar-refractivity contribution in [2.24, 2.45) is 0 Å². The van der Waals surface area contributed by atoms with E-state index in [1.807, 2.05) is 18.2 Å². The third-order valence-electron chi connectivity index (χ3n) is 6.69. The molecule has 0 aliphatic carbocycles. The quantitative estimate of drug-likeness (QED) is 0.606. The lowest BCUT2D eigenvalue weighted by Gasteiger charge is -2.29. The molecular weight excluding hydrogens is 418 g/mol. The highest BCUT2D eigenvalue weighted by molar-refractivity contribution is 6.06. The van der Waals surface area contributed by atoms with Crippen LogP contribution in [0.2, 0.25) is 0 Å². The molecule has 0 radical (unpaired) electrons. The molecule has 1 unspecified atom stereocenters. The minimum Gasteiger partial charge on any atom is -0.381 e. The van der Waals surface area contributed by atoms with Gasteiger partial charge in [0.1, 0.15) is 6.04 Å². The van der Waals surface area contributed by atoms with Gasteiger partial charge in [0.2, 0.25) is 11.8 Å². The highest BCUT2D eigenvalue weighted by Gasteiger charge is 2.39. The SMILES string of the molecule is O=C1CCC(N2Cc3cccc(CNc4ccc(N5CCCNCC5)cc4)c3C2=O)C(=O)N1. The van der Waals surface area contributed by atoms with Gasteiger partial charge >= 0.3 is 0 Å². The number of rotatable bonds is 5. The maximum absolute atomic E-state index is 13.2. The molecule has 2 aromatic carbocycles. The van der Waals surface area contributed by atoms with E-state index in [2.05, 4.69) is 45.1 Å². The summed E-state index contributed by atoms with van der Waals surface area (Å²) >= 11 is 0. The zero-order valence-corrected chi connectivity index (χ0v) is 18.6. The monoisotopic (exact) mass is 447 g/mol. The average Bonchev–Trinajstić information content (AvgIpc) is 2.99. The van der Waals surface area contributed by atoms with Crippen molar-refractivity contribution in [1.82, 2.24) is 15.5 Å². The summed E-state index contributed by atoms with van der Waals surface area (Å²) in [6.07, 6.45) is 1.77. The molecule has 8 heteroatoms. The van der Waals surface area contributed by atoms with Crippen molar-refractivity contribution in [3.63, 3.8) is 0 Å². The zero-order chi connectivity index (χ0) is 22.8. The van der Waals surface area contributed by atoms with Crippen molar-refractivity contribution in [2.45, 2.75) is 38.4 Å². The molecule has 33 heavy (non-hydrogen) atoms. The standard InChI is InChI=1S/C25H29N5O3/c31-22-10-9-21(24(32)28-22)30-16-18-4-1-3-17(23(18)25(30)33)15-27-19-5-7-20(8-6-19)29-13-2-11-26-12-14-29/h1,3-8,21,26-27H,2,9-16H2,(H,28,31,32). The summed E-state index contributed by atoms with van der Waals surface area (Å²) in [6.45, 7) is 5.05. The molecule has 0 bridgehead atoms. The van der Waals surface area contributed by atoms with Gasteiger partial charge in [0.05, 0.1) is 0 Å². The number of piperidine rings is 1. The Bertz CT molecular complexity index is 1060. The first-order chi connectivity index (χ1) is 16.1. The van der Waals surface area contributed by atoms with E-state index < -0.39 is 6.04 Å². The van der Waals surface area contributed by atoms with Crippen LogP contribution < -0.4 is 20.9 Å². The number of nitrogens with zero attached hydrogens (tertiary/aromatic N) is 2. The summed E-state index contributed by atoms with van der Waals surface area (Å²) in [4.78, 5) is 41.0. The van der Waals surface area contributed by atoms with E-state index in [4.69, 9.17) is 0 Å². The third kappa shape index (κ3) is 4.43. The number of benzene rings is 2. The van der Waals surface area contributed by atoms with Gasteiger partial charge in [-0.05, 0) is 54.8 Å². The summed E-state index contributed by atoms with van der Waals surface area (Å²) in [5.74, 6) is -0.793. The van der Waals surface area contributed by atoms with Crippen LogP contribution in [0, 0.1) is 0 Å². The number of imide groups is 1. The van der Waals surface area contributed by atoms with Crippen LogP contribution in [0.5, 0.6) is 0 Å². The Morgan fingerprint density at radius 1 is 1.00 bits per heavy atom. The molecule has 0 aromatic heterocycles. The van der Waals surface area contributed by atoms with Crippen LogP contribution in [-0.4, -0.2) is 54.8 Å². The third-order valence-corrected chi connectivity index (χ3v) is 6.69. The van der Waals surface area contributed by atoms with E-state index in [1.54, 1.807) is 4.90 Å². The average molecular weight is 448 g/mol. The van der Waals surface area contributed by atoms with Gasteiger partial charge in [-0.1, -0.05) is 18.2 Å². The van der Waals surface area contributed by atoms with Crippen LogP contribution in [-0.2, 0) is 22.7 Å². The van der Waals surface area contributed by atoms with E-state index in [9.17, 15) is 14.4 Å². The van der Waals surface area contributed by atoms with Gasteiger partial charge < -0.3 is 20.4 Å². The van der Waals surface area contributed by atoms with Crippen molar-refractivity contribution < 1.29 is 14.4 Å². The van der Waals surface area contributed by atoms with Gasteiger partial charge in [0.25, 0.3) is 5.91 Å². The van der Waals surface area contributed by atoms with E-state index >= 15 is 0 Å². The Kier molecular flexibility index (Phi) is 6.00. The van der Waals surface area contributed by atoms with Gasteiger partial charge in [0.15, 0.2) is 0 Å². The van der Waals surface area contributed by atoms with Crippen LogP contribution in [0.4, 0.5) is 11.4 Å². The second-order valence-corrected chi connectivity index (χ2v) is 8.84. The van der Waals surface area contributed by atoms with Crippen LogP contribution >= 0.6 is 0 Å². The number of fused-ring (bicyclic) bond motifs is 1. The fraction of sp³-hybridized carbons (Fsp3) is 0.400. The summed E-state index contributed by atoms with van der Waals surface area (Å²) < 4.78 is 0. The maximum atomic E-state index is 13.2. The molecule has 2 fully saturated rings. The van der Waals surface area contributed by atoms with Crippen LogP contribution in [0.1, 0.15) is 40.7 Å². The van der Waals surface area contributed by atoms with Crippen LogP contribution in [0.3, 0.4) is 0 Å². The first kappa shape index (κ1) is 21.5. The predicted octanol–water partition coefficient (Wildman–Crippen LogP) is 1.86. The van der Waals surface area contributed by atoms with Crippen molar-refractivity contribution in [2.75, 3.05) is 36.4 Å². The molecule has 3 amide bonds. The van der Waals surface area contributed by atoms with Gasteiger partial charge in [0, 0.05) is 56.1 Å². The molecule has 5 rings (SSSR count). The largest absolute Gasteiger partial charge is 0.381 e. The molecule has 3 aliphatic heterocycles. The molecule has 172 valence electrons. The smallest absolute Gasteiger partial charge is 0.255 e. The minimum absolute atomic E-state index is 0.137. The van der Waals surface area contributed by atoms with Crippen LogP contribution in [0.15, 0.2) is 42.5 Å². The maximum Gasteiger partial charge on any atom is 0.255 e. The number of carbonyl (C=O) groups excluding carboxylic acids is 3. The lowest BCUT2D eigenvalue weighted by atomic mass is 10.0. The summed E-state index contributed by atoms with van der Waals surface area (Å²) in [6, 6.07) is 13.7. The normalized spacial score (nSPS) is 21.0. The first-order valence-corrected chi connectivity index (χ1v) is 11.7. The minimum atomic E-state index is -0.592. The molecule has 0 spiro atoms. The molecular formula is C25H29N5O3. The fourth-order valence-corrected chi connectivity index (χ4v) is 4.93. The van der Waals surface area contributed by atoms with Gasteiger partial charge in [-0.3, -0.25) is 19.7 Å². The number of carbonyl (C=O) groups is 3. The van der Waals surface area contributed by atoms with Crippen molar-refractivity contribution >= 4 is 29.1 Å². The van der Waals surface area contributed by atoms with E-state index in [1.165, 1.54) is 5.69 Å². The summed E-state index contributed by atoms with van der Waals surface area (Å²) in [5.41, 5.74) is 4.73. The molecule has 1 atom stereocenters. The number of hydrogen-bond donors (Lipinski definition) is 3. The number of anilines is 2. The summed E-state index contributed by atoms with van der Waals surface area (Å²) in [7, 11) is 0. The van der Waals surface area contributed by atoms with E-state index in [0.717, 1.165) is 49.4 Å². The number of nitrogens with one attached hydrogen (secondary N) is 3. The zero-order valence-electron chi connectivity index (χ0n) is 18.6.